The van der Waals surface area contributed by atoms with E-state index in [1.807, 2.05) is 0 Å². The highest BCUT2D eigenvalue weighted by Crippen LogP contribution is 2.19. The average Bonchev–Trinajstić information content (AvgIpc) is 3.07. The van der Waals surface area contributed by atoms with Crippen LogP contribution in [0.15, 0.2) is 0 Å². The van der Waals surface area contributed by atoms with Gasteiger partial charge in [-0.15, -0.1) is 0 Å². The van der Waals surface area contributed by atoms with Crippen molar-refractivity contribution in [1.29, 1.82) is 0 Å². The molecule has 1 saturated heterocycles. The number of carboxylic acid groups (broad SMARTS) is 1. The van der Waals surface area contributed by atoms with Crippen molar-refractivity contribution >= 4 is 21.7 Å². The predicted molar refractivity (Wildman–Crippen MR) is 67.4 cm³/mol. The van der Waals surface area contributed by atoms with Gasteiger partial charge in [0.2, 0.25) is 5.91 Å². The molecule has 1 unspecified atom stereocenters. The Morgan fingerprint density at radius 3 is 2.58 bits per heavy atom. The standard InChI is InChI=1S/C11H18N2O5S/c14-10(6-12-8-1-2-8)13-3-4-19(17,18)7-9(13)5-11(15)16/h8-9,12H,1-7H2,(H,15,16). The minimum absolute atomic E-state index is 0.0850. The summed E-state index contributed by atoms with van der Waals surface area (Å²) < 4.78 is 23.1. The van der Waals surface area contributed by atoms with Crippen molar-refractivity contribution < 1.29 is 23.1 Å². The molecule has 0 bridgehead atoms. The van der Waals surface area contributed by atoms with Crippen LogP contribution in [0.1, 0.15) is 19.3 Å². The lowest BCUT2D eigenvalue weighted by Crippen LogP contribution is -2.54. The zero-order chi connectivity index (χ0) is 14.0. The van der Waals surface area contributed by atoms with Crippen LogP contribution in [0.5, 0.6) is 0 Å². The van der Waals surface area contributed by atoms with Gasteiger partial charge >= 0.3 is 5.97 Å². The first-order valence-electron chi connectivity index (χ1n) is 6.32. The molecule has 1 amide bonds. The zero-order valence-electron chi connectivity index (χ0n) is 10.5. The van der Waals surface area contributed by atoms with Crippen molar-refractivity contribution in [2.24, 2.45) is 0 Å². The molecule has 2 aliphatic rings. The van der Waals surface area contributed by atoms with E-state index in [9.17, 15) is 18.0 Å². The average molecular weight is 290 g/mol. The largest absolute Gasteiger partial charge is 0.481 e. The molecule has 0 aromatic rings. The predicted octanol–water partition coefficient (Wildman–Crippen LogP) is -1.16. The lowest BCUT2D eigenvalue weighted by molar-refractivity contribution is -0.140. The number of nitrogens with zero attached hydrogens (tertiary/aromatic N) is 1. The summed E-state index contributed by atoms with van der Waals surface area (Å²) >= 11 is 0. The molecule has 19 heavy (non-hydrogen) atoms. The Morgan fingerprint density at radius 1 is 1.32 bits per heavy atom. The number of sulfone groups is 1. The van der Waals surface area contributed by atoms with Crippen LogP contribution < -0.4 is 5.32 Å². The van der Waals surface area contributed by atoms with E-state index in [1.54, 1.807) is 0 Å². The topological polar surface area (TPSA) is 104 Å². The second-order valence-corrected chi connectivity index (χ2v) is 7.34. The molecular weight excluding hydrogens is 272 g/mol. The van der Waals surface area contributed by atoms with Gasteiger partial charge in [-0.05, 0) is 12.8 Å². The fraction of sp³-hybridized carbons (Fsp3) is 0.818. The number of rotatable bonds is 5. The van der Waals surface area contributed by atoms with Crippen LogP contribution in [0.4, 0.5) is 0 Å². The number of aliphatic carboxylic acids is 1. The molecule has 0 spiro atoms. The first-order chi connectivity index (χ1) is 8.87. The molecule has 2 N–H and O–H groups in total. The van der Waals surface area contributed by atoms with Crippen molar-refractivity contribution in [3.63, 3.8) is 0 Å². The second-order valence-electron chi connectivity index (χ2n) is 5.11. The summed E-state index contributed by atoms with van der Waals surface area (Å²) in [5.74, 6) is -1.64. The van der Waals surface area contributed by atoms with Gasteiger partial charge < -0.3 is 15.3 Å². The first kappa shape index (κ1) is 14.3. The van der Waals surface area contributed by atoms with Crippen molar-refractivity contribution in [3.8, 4) is 0 Å². The molecule has 1 heterocycles. The Labute approximate surface area is 111 Å². The minimum Gasteiger partial charge on any atom is -0.481 e. The van der Waals surface area contributed by atoms with Crippen LogP contribution in [-0.4, -0.2) is 67.0 Å². The highest BCUT2D eigenvalue weighted by molar-refractivity contribution is 7.91. The number of nitrogens with one attached hydrogen (secondary N) is 1. The third-order valence-corrected chi connectivity index (χ3v) is 5.08. The van der Waals surface area contributed by atoms with E-state index in [0.717, 1.165) is 12.8 Å². The molecule has 0 radical (unpaired) electrons. The van der Waals surface area contributed by atoms with Crippen LogP contribution in [-0.2, 0) is 19.4 Å². The smallest absolute Gasteiger partial charge is 0.305 e. The molecule has 1 saturated carbocycles. The molecular formula is C11H18N2O5S. The van der Waals surface area contributed by atoms with Gasteiger partial charge in [-0.25, -0.2) is 8.42 Å². The fourth-order valence-corrected chi connectivity index (χ4v) is 3.73. The third-order valence-electron chi connectivity index (χ3n) is 3.38. The van der Waals surface area contributed by atoms with Crippen molar-refractivity contribution in [2.75, 3.05) is 24.6 Å². The van der Waals surface area contributed by atoms with Crippen molar-refractivity contribution in [3.05, 3.63) is 0 Å². The van der Waals surface area contributed by atoms with E-state index in [-0.39, 0.29) is 36.9 Å². The summed E-state index contributed by atoms with van der Waals surface area (Å²) in [5, 5.41) is 11.9. The van der Waals surface area contributed by atoms with Crippen LogP contribution >= 0.6 is 0 Å². The van der Waals surface area contributed by atoms with E-state index in [1.165, 1.54) is 4.90 Å². The summed E-state index contributed by atoms with van der Waals surface area (Å²) in [4.78, 5) is 24.2. The maximum absolute atomic E-state index is 12.0. The van der Waals surface area contributed by atoms with Crippen LogP contribution in [0.2, 0.25) is 0 Å². The number of amides is 1. The number of hydrogen-bond donors (Lipinski definition) is 2. The molecule has 0 aromatic carbocycles. The molecule has 108 valence electrons. The molecule has 1 aliphatic heterocycles. The SMILES string of the molecule is O=C(O)CC1CS(=O)(=O)CCN1C(=O)CNC1CC1. The van der Waals surface area contributed by atoms with Crippen LogP contribution in [0.3, 0.4) is 0 Å². The van der Waals surface area contributed by atoms with Gasteiger partial charge in [-0.3, -0.25) is 9.59 Å². The summed E-state index contributed by atoms with van der Waals surface area (Å²) in [7, 11) is -3.24. The molecule has 7 nitrogen and oxygen atoms in total. The van der Waals surface area contributed by atoms with Crippen molar-refractivity contribution in [1.82, 2.24) is 10.2 Å². The molecule has 1 aliphatic carbocycles. The first-order valence-corrected chi connectivity index (χ1v) is 8.14. The number of hydrogen-bond acceptors (Lipinski definition) is 5. The quantitative estimate of drug-likeness (QED) is 0.662. The van der Waals surface area contributed by atoms with Crippen LogP contribution in [0.25, 0.3) is 0 Å². The summed E-state index contributed by atoms with van der Waals surface area (Å²) in [6.07, 6.45) is 1.79. The highest BCUT2D eigenvalue weighted by Gasteiger charge is 2.35. The lowest BCUT2D eigenvalue weighted by Gasteiger charge is -2.34. The van der Waals surface area contributed by atoms with Gasteiger partial charge in [0.05, 0.1) is 30.5 Å². The van der Waals surface area contributed by atoms with Crippen LogP contribution in [0, 0.1) is 0 Å². The Kier molecular flexibility index (Phi) is 4.10. The third kappa shape index (κ3) is 4.17. The monoisotopic (exact) mass is 290 g/mol. The Bertz CT molecular complexity index is 471. The van der Waals surface area contributed by atoms with Gasteiger partial charge in [0.25, 0.3) is 0 Å². The number of carbonyl (C=O) groups is 2. The van der Waals surface area contributed by atoms with Crippen molar-refractivity contribution in [2.45, 2.75) is 31.3 Å². The van der Waals surface area contributed by atoms with E-state index in [2.05, 4.69) is 5.32 Å². The second kappa shape index (κ2) is 5.46. The summed E-state index contributed by atoms with van der Waals surface area (Å²) in [5.41, 5.74) is 0. The van der Waals surface area contributed by atoms with E-state index < -0.39 is 21.8 Å². The minimum atomic E-state index is -3.24. The normalized spacial score (nSPS) is 26.1. The highest BCUT2D eigenvalue weighted by atomic mass is 32.2. The van der Waals surface area contributed by atoms with E-state index in [0.29, 0.717) is 6.04 Å². The van der Waals surface area contributed by atoms with Gasteiger partial charge in [0.1, 0.15) is 0 Å². The fourth-order valence-electron chi connectivity index (χ4n) is 2.21. The molecule has 2 fully saturated rings. The lowest BCUT2D eigenvalue weighted by atomic mass is 10.2. The number of carboxylic acids is 1. The maximum atomic E-state index is 12.0. The summed E-state index contributed by atoms with van der Waals surface area (Å²) in [6, 6.07) is -0.361. The Balaban J connectivity index is 1.98. The van der Waals surface area contributed by atoms with Gasteiger partial charge in [0, 0.05) is 12.6 Å². The number of carbonyl (C=O) groups excluding carboxylic acids is 1. The summed E-state index contributed by atoms with van der Waals surface area (Å²) in [6.45, 7) is 0.242. The van der Waals surface area contributed by atoms with Gasteiger partial charge in [-0.1, -0.05) is 0 Å². The van der Waals surface area contributed by atoms with E-state index >= 15 is 0 Å². The zero-order valence-corrected chi connectivity index (χ0v) is 11.4. The molecule has 8 heteroatoms. The van der Waals surface area contributed by atoms with Gasteiger partial charge in [0.15, 0.2) is 9.84 Å². The molecule has 1 atom stereocenters. The molecule has 0 aromatic heterocycles. The Morgan fingerprint density at radius 2 is 2.00 bits per heavy atom. The Hall–Kier alpha value is -1.15. The molecule has 2 rings (SSSR count). The maximum Gasteiger partial charge on any atom is 0.305 e. The van der Waals surface area contributed by atoms with E-state index in [4.69, 9.17) is 5.11 Å². The van der Waals surface area contributed by atoms with Gasteiger partial charge in [-0.2, -0.15) is 0 Å².